The van der Waals surface area contributed by atoms with Crippen LogP contribution in [0.25, 0.3) is 0 Å². The molecular formula is C12H23N3O2S. The highest BCUT2D eigenvalue weighted by atomic mass is 32.2. The molecule has 1 aromatic rings. The SMILES string of the molecule is CCc1cc(CS(=O)(=O)CC(C)CN)n(CC)n1. The summed E-state index contributed by atoms with van der Waals surface area (Å²) in [5, 5.41) is 4.36. The van der Waals surface area contributed by atoms with Gasteiger partial charge in [0.05, 0.1) is 22.9 Å². The summed E-state index contributed by atoms with van der Waals surface area (Å²) >= 11 is 0. The molecule has 0 bridgehead atoms. The van der Waals surface area contributed by atoms with E-state index in [1.54, 1.807) is 4.68 Å². The quantitative estimate of drug-likeness (QED) is 0.803. The summed E-state index contributed by atoms with van der Waals surface area (Å²) < 4.78 is 25.8. The van der Waals surface area contributed by atoms with Gasteiger partial charge in [-0.15, -0.1) is 0 Å². The predicted octanol–water partition coefficient (Wildman–Crippen LogP) is 0.975. The average Bonchev–Trinajstić information content (AvgIpc) is 2.69. The third-order valence-electron chi connectivity index (χ3n) is 2.88. The normalized spacial score (nSPS) is 13.8. The molecule has 1 aromatic heterocycles. The van der Waals surface area contributed by atoms with Crippen molar-refractivity contribution in [2.24, 2.45) is 11.7 Å². The van der Waals surface area contributed by atoms with E-state index in [9.17, 15) is 8.42 Å². The number of aromatic nitrogens is 2. The van der Waals surface area contributed by atoms with Gasteiger partial charge in [0.2, 0.25) is 0 Å². The number of rotatable bonds is 7. The van der Waals surface area contributed by atoms with Crippen LogP contribution >= 0.6 is 0 Å². The molecule has 5 nitrogen and oxygen atoms in total. The number of nitrogens with two attached hydrogens (primary N) is 1. The minimum Gasteiger partial charge on any atom is -0.330 e. The molecule has 1 atom stereocenters. The van der Waals surface area contributed by atoms with Gasteiger partial charge in [-0.3, -0.25) is 4.68 Å². The molecule has 0 aliphatic rings. The first-order valence-corrected chi connectivity index (χ1v) is 8.20. The smallest absolute Gasteiger partial charge is 0.156 e. The van der Waals surface area contributed by atoms with Crippen LogP contribution in [0.5, 0.6) is 0 Å². The van der Waals surface area contributed by atoms with Crippen LogP contribution in [0.3, 0.4) is 0 Å². The molecule has 0 spiro atoms. The summed E-state index contributed by atoms with van der Waals surface area (Å²) in [6.07, 6.45) is 0.819. The number of aryl methyl sites for hydroxylation is 2. The summed E-state index contributed by atoms with van der Waals surface area (Å²) in [6, 6.07) is 1.88. The van der Waals surface area contributed by atoms with Gasteiger partial charge in [-0.1, -0.05) is 13.8 Å². The Labute approximate surface area is 109 Å². The second kappa shape index (κ2) is 6.33. The Morgan fingerprint density at radius 2 is 2.11 bits per heavy atom. The second-order valence-corrected chi connectivity index (χ2v) is 6.80. The van der Waals surface area contributed by atoms with Crippen molar-refractivity contribution in [3.63, 3.8) is 0 Å². The van der Waals surface area contributed by atoms with Gasteiger partial charge in [0.1, 0.15) is 0 Å². The lowest BCUT2D eigenvalue weighted by atomic mass is 10.2. The first-order valence-electron chi connectivity index (χ1n) is 6.37. The molecule has 1 unspecified atom stereocenters. The van der Waals surface area contributed by atoms with Gasteiger partial charge in [0.15, 0.2) is 9.84 Å². The Morgan fingerprint density at radius 1 is 1.44 bits per heavy atom. The lowest BCUT2D eigenvalue weighted by molar-refractivity contribution is 0.566. The van der Waals surface area contributed by atoms with E-state index in [4.69, 9.17) is 5.73 Å². The van der Waals surface area contributed by atoms with Crippen LogP contribution in [0.15, 0.2) is 6.07 Å². The highest BCUT2D eigenvalue weighted by Crippen LogP contribution is 2.12. The highest BCUT2D eigenvalue weighted by molar-refractivity contribution is 7.90. The monoisotopic (exact) mass is 273 g/mol. The van der Waals surface area contributed by atoms with Gasteiger partial charge in [-0.2, -0.15) is 5.10 Å². The molecule has 2 N–H and O–H groups in total. The molecule has 6 heteroatoms. The molecule has 0 amide bonds. The van der Waals surface area contributed by atoms with E-state index in [1.807, 2.05) is 26.8 Å². The van der Waals surface area contributed by atoms with Gasteiger partial charge >= 0.3 is 0 Å². The predicted molar refractivity (Wildman–Crippen MR) is 73.0 cm³/mol. The minimum atomic E-state index is -3.11. The third-order valence-corrected chi connectivity index (χ3v) is 4.70. The maximum atomic E-state index is 12.0. The van der Waals surface area contributed by atoms with Crippen molar-refractivity contribution in [2.75, 3.05) is 12.3 Å². The molecule has 0 aliphatic heterocycles. The fourth-order valence-corrected chi connectivity index (χ4v) is 3.67. The first kappa shape index (κ1) is 15.2. The Bertz CT molecular complexity index is 480. The molecule has 0 saturated carbocycles. The molecule has 18 heavy (non-hydrogen) atoms. The molecule has 0 aromatic carbocycles. The van der Waals surface area contributed by atoms with Crippen LogP contribution in [0, 0.1) is 5.92 Å². The van der Waals surface area contributed by atoms with Crippen molar-refractivity contribution >= 4 is 9.84 Å². The number of nitrogens with zero attached hydrogens (tertiary/aromatic N) is 2. The van der Waals surface area contributed by atoms with E-state index in [-0.39, 0.29) is 17.4 Å². The molecule has 0 aliphatic carbocycles. The summed E-state index contributed by atoms with van der Waals surface area (Å²) in [7, 11) is -3.11. The van der Waals surface area contributed by atoms with Gasteiger partial charge in [-0.25, -0.2) is 8.42 Å². The van der Waals surface area contributed by atoms with Gasteiger partial charge in [-0.05, 0) is 31.9 Å². The standard InChI is InChI=1S/C12H23N3O2S/c1-4-11-6-12(15(5-2)14-11)9-18(16,17)8-10(3)7-13/h6,10H,4-5,7-9,13H2,1-3H3. The Balaban J connectivity index is 2.86. The van der Waals surface area contributed by atoms with Gasteiger partial charge in [0.25, 0.3) is 0 Å². The topological polar surface area (TPSA) is 78.0 Å². The van der Waals surface area contributed by atoms with Crippen molar-refractivity contribution in [3.05, 3.63) is 17.5 Å². The zero-order valence-corrected chi connectivity index (χ0v) is 12.2. The minimum absolute atomic E-state index is 0.00126. The van der Waals surface area contributed by atoms with E-state index >= 15 is 0 Å². The Morgan fingerprint density at radius 3 is 2.61 bits per heavy atom. The van der Waals surface area contributed by atoms with Crippen molar-refractivity contribution in [2.45, 2.75) is 39.5 Å². The summed E-state index contributed by atoms with van der Waals surface area (Å²) in [5.74, 6) is 0.191. The summed E-state index contributed by atoms with van der Waals surface area (Å²) in [6.45, 7) is 6.91. The van der Waals surface area contributed by atoms with E-state index < -0.39 is 9.84 Å². The Kier molecular flexibility index (Phi) is 5.34. The van der Waals surface area contributed by atoms with E-state index in [0.29, 0.717) is 13.1 Å². The van der Waals surface area contributed by atoms with Crippen molar-refractivity contribution in [3.8, 4) is 0 Å². The lowest BCUT2D eigenvalue weighted by Crippen LogP contribution is -2.22. The fraction of sp³-hybridized carbons (Fsp3) is 0.750. The zero-order valence-electron chi connectivity index (χ0n) is 11.4. The fourth-order valence-electron chi connectivity index (χ4n) is 1.86. The average molecular weight is 273 g/mol. The molecule has 104 valence electrons. The van der Waals surface area contributed by atoms with Crippen LogP contribution < -0.4 is 5.73 Å². The number of hydrogen-bond donors (Lipinski definition) is 1. The van der Waals surface area contributed by atoms with Crippen LogP contribution in [0.4, 0.5) is 0 Å². The third kappa shape index (κ3) is 4.10. The van der Waals surface area contributed by atoms with Crippen molar-refractivity contribution < 1.29 is 8.42 Å². The molecule has 1 rings (SSSR count). The van der Waals surface area contributed by atoms with Crippen LogP contribution in [0.2, 0.25) is 0 Å². The number of hydrogen-bond acceptors (Lipinski definition) is 4. The molecular weight excluding hydrogens is 250 g/mol. The molecule has 1 heterocycles. The zero-order chi connectivity index (χ0) is 13.8. The van der Waals surface area contributed by atoms with E-state index in [0.717, 1.165) is 17.8 Å². The van der Waals surface area contributed by atoms with Crippen molar-refractivity contribution in [1.82, 2.24) is 9.78 Å². The van der Waals surface area contributed by atoms with Crippen LogP contribution in [0.1, 0.15) is 32.2 Å². The van der Waals surface area contributed by atoms with E-state index in [1.165, 1.54) is 0 Å². The largest absolute Gasteiger partial charge is 0.330 e. The maximum absolute atomic E-state index is 12.0. The first-order chi connectivity index (χ1) is 8.41. The van der Waals surface area contributed by atoms with Crippen LogP contribution in [-0.2, 0) is 28.6 Å². The maximum Gasteiger partial charge on any atom is 0.156 e. The number of sulfone groups is 1. The second-order valence-electron chi connectivity index (χ2n) is 4.69. The highest BCUT2D eigenvalue weighted by Gasteiger charge is 2.18. The summed E-state index contributed by atoms with van der Waals surface area (Å²) in [5.41, 5.74) is 7.19. The lowest BCUT2D eigenvalue weighted by Gasteiger charge is -2.10. The van der Waals surface area contributed by atoms with Gasteiger partial charge < -0.3 is 5.73 Å². The van der Waals surface area contributed by atoms with E-state index in [2.05, 4.69) is 5.10 Å². The molecule has 0 saturated heterocycles. The molecule has 0 radical (unpaired) electrons. The van der Waals surface area contributed by atoms with Crippen molar-refractivity contribution in [1.29, 1.82) is 0 Å². The Hall–Kier alpha value is -0.880. The van der Waals surface area contributed by atoms with Crippen LogP contribution in [-0.4, -0.2) is 30.5 Å². The summed E-state index contributed by atoms with van der Waals surface area (Å²) in [4.78, 5) is 0. The van der Waals surface area contributed by atoms with Gasteiger partial charge in [0, 0.05) is 6.54 Å². The molecule has 0 fully saturated rings.